The number of carboxylic acids is 1. The molecule has 0 fully saturated rings. The van der Waals surface area contributed by atoms with E-state index in [0.717, 1.165) is 16.8 Å². The maximum atomic E-state index is 11.7. The summed E-state index contributed by atoms with van der Waals surface area (Å²) >= 11 is 5.93. The highest BCUT2D eigenvalue weighted by Gasteiger charge is 2.20. The van der Waals surface area contributed by atoms with E-state index in [1.54, 1.807) is 12.1 Å². The van der Waals surface area contributed by atoms with Crippen LogP contribution in [0.2, 0.25) is 5.02 Å². The molecule has 1 N–H and O–H groups in total. The summed E-state index contributed by atoms with van der Waals surface area (Å²) in [5, 5.41) is 10.3. The number of aromatic carboxylic acids is 1. The molecule has 3 aromatic rings. The van der Waals surface area contributed by atoms with Gasteiger partial charge in [-0.15, -0.1) is 0 Å². The number of rotatable bonds is 3. The van der Waals surface area contributed by atoms with Gasteiger partial charge in [0.25, 0.3) is 0 Å². The van der Waals surface area contributed by atoms with E-state index < -0.39 is 5.97 Å². The minimum absolute atomic E-state index is 0.313. The summed E-state index contributed by atoms with van der Waals surface area (Å²) in [7, 11) is 0. The van der Waals surface area contributed by atoms with Crippen molar-refractivity contribution < 1.29 is 9.90 Å². The molecule has 0 spiro atoms. The molecule has 116 valence electrons. The number of hydrogen-bond donors (Lipinski definition) is 1. The first kappa shape index (κ1) is 15.4. The SMILES string of the molecule is Cc1ccc(-n2cc(-c3ccc(Cl)cc3)c(C(=O)O)c2C)cc1. The lowest BCUT2D eigenvalue weighted by Gasteiger charge is -2.06. The van der Waals surface area contributed by atoms with Crippen molar-refractivity contribution in [2.45, 2.75) is 13.8 Å². The third-order valence-corrected chi connectivity index (χ3v) is 4.18. The van der Waals surface area contributed by atoms with E-state index in [0.29, 0.717) is 21.8 Å². The van der Waals surface area contributed by atoms with Crippen LogP contribution >= 0.6 is 11.6 Å². The quantitative estimate of drug-likeness (QED) is 0.726. The van der Waals surface area contributed by atoms with Crippen LogP contribution in [0.4, 0.5) is 0 Å². The predicted molar refractivity (Wildman–Crippen MR) is 92.6 cm³/mol. The van der Waals surface area contributed by atoms with E-state index in [1.807, 2.05) is 61.0 Å². The van der Waals surface area contributed by atoms with Gasteiger partial charge in [-0.25, -0.2) is 4.79 Å². The Morgan fingerprint density at radius 3 is 2.17 bits per heavy atom. The first-order chi connectivity index (χ1) is 11.0. The molecule has 0 saturated heterocycles. The summed E-state index contributed by atoms with van der Waals surface area (Å²) in [6.07, 6.45) is 1.87. The Morgan fingerprint density at radius 1 is 1.00 bits per heavy atom. The molecular weight excluding hydrogens is 310 g/mol. The summed E-state index contributed by atoms with van der Waals surface area (Å²) in [6, 6.07) is 15.2. The fraction of sp³-hybridized carbons (Fsp3) is 0.105. The van der Waals surface area contributed by atoms with Crippen LogP contribution in [-0.4, -0.2) is 15.6 Å². The van der Waals surface area contributed by atoms with Crippen molar-refractivity contribution in [2.24, 2.45) is 0 Å². The van der Waals surface area contributed by atoms with E-state index in [-0.39, 0.29) is 0 Å². The number of aryl methyl sites for hydroxylation is 1. The van der Waals surface area contributed by atoms with Gasteiger partial charge < -0.3 is 9.67 Å². The van der Waals surface area contributed by atoms with E-state index in [4.69, 9.17) is 11.6 Å². The molecule has 1 heterocycles. The Kier molecular flexibility index (Phi) is 3.97. The molecule has 0 aliphatic carbocycles. The Balaban J connectivity index is 2.20. The Morgan fingerprint density at radius 2 is 1.61 bits per heavy atom. The highest BCUT2D eigenvalue weighted by Crippen LogP contribution is 2.31. The average Bonchev–Trinajstić information content (AvgIpc) is 2.86. The number of benzene rings is 2. The second-order valence-corrected chi connectivity index (χ2v) is 5.96. The monoisotopic (exact) mass is 325 g/mol. The van der Waals surface area contributed by atoms with Crippen molar-refractivity contribution in [2.75, 3.05) is 0 Å². The van der Waals surface area contributed by atoms with Crippen LogP contribution in [-0.2, 0) is 0 Å². The molecule has 0 aliphatic heterocycles. The van der Waals surface area contributed by atoms with Crippen LogP contribution in [0.3, 0.4) is 0 Å². The standard InChI is InChI=1S/C19H16ClNO2/c1-12-3-9-16(10-4-12)21-11-17(18(13(21)2)19(22)23)14-5-7-15(20)8-6-14/h3-11H,1-2H3,(H,22,23). The third kappa shape index (κ3) is 2.88. The zero-order valence-corrected chi connectivity index (χ0v) is 13.6. The van der Waals surface area contributed by atoms with Crippen LogP contribution in [0.25, 0.3) is 16.8 Å². The summed E-state index contributed by atoms with van der Waals surface area (Å²) < 4.78 is 1.91. The maximum Gasteiger partial charge on any atom is 0.338 e. The second kappa shape index (κ2) is 5.94. The molecule has 23 heavy (non-hydrogen) atoms. The first-order valence-electron chi connectivity index (χ1n) is 7.25. The van der Waals surface area contributed by atoms with Gasteiger partial charge in [-0.2, -0.15) is 0 Å². The number of hydrogen-bond acceptors (Lipinski definition) is 1. The molecule has 1 aromatic heterocycles. The van der Waals surface area contributed by atoms with Crippen molar-refractivity contribution in [3.05, 3.63) is 76.6 Å². The van der Waals surface area contributed by atoms with Crippen LogP contribution in [0, 0.1) is 13.8 Å². The van der Waals surface area contributed by atoms with Gasteiger partial charge in [0.2, 0.25) is 0 Å². The molecule has 0 unspecified atom stereocenters. The number of halogens is 1. The minimum atomic E-state index is -0.932. The van der Waals surface area contributed by atoms with Gasteiger partial charge in [-0.05, 0) is 43.7 Å². The zero-order valence-electron chi connectivity index (χ0n) is 12.9. The largest absolute Gasteiger partial charge is 0.478 e. The lowest BCUT2D eigenvalue weighted by atomic mass is 10.0. The third-order valence-electron chi connectivity index (χ3n) is 3.93. The minimum Gasteiger partial charge on any atom is -0.478 e. The van der Waals surface area contributed by atoms with E-state index in [1.165, 1.54) is 0 Å². The fourth-order valence-corrected chi connectivity index (χ4v) is 2.82. The number of carbonyl (C=O) groups is 1. The van der Waals surface area contributed by atoms with Crippen molar-refractivity contribution in [3.63, 3.8) is 0 Å². The Bertz CT molecular complexity index is 862. The van der Waals surface area contributed by atoms with E-state index in [2.05, 4.69) is 0 Å². The molecule has 3 rings (SSSR count). The molecule has 3 nitrogen and oxygen atoms in total. The number of nitrogens with zero attached hydrogens (tertiary/aromatic N) is 1. The van der Waals surface area contributed by atoms with Crippen molar-refractivity contribution >= 4 is 17.6 Å². The maximum absolute atomic E-state index is 11.7. The van der Waals surface area contributed by atoms with E-state index >= 15 is 0 Å². The van der Waals surface area contributed by atoms with Gasteiger partial charge in [0.1, 0.15) is 0 Å². The number of aromatic nitrogens is 1. The molecule has 0 aliphatic rings. The predicted octanol–water partition coefficient (Wildman–Crippen LogP) is 5.11. The number of carboxylic acid groups (broad SMARTS) is 1. The van der Waals surface area contributed by atoms with Crippen LogP contribution in [0.15, 0.2) is 54.7 Å². The molecule has 0 amide bonds. The van der Waals surface area contributed by atoms with Gasteiger partial charge in [-0.1, -0.05) is 41.4 Å². The van der Waals surface area contributed by atoms with Crippen LogP contribution in [0.5, 0.6) is 0 Å². The summed E-state index contributed by atoms with van der Waals surface area (Å²) in [5.74, 6) is -0.932. The molecule has 2 aromatic carbocycles. The highest BCUT2D eigenvalue weighted by atomic mass is 35.5. The first-order valence-corrected chi connectivity index (χ1v) is 7.63. The summed E-state index contributed by atoms with van der Waals surface area (Å²) in [5.41, 5.74) is 4.64. The van der Waals surface area contributed by atoms with Gasteiger partial charge >= 0.3 is 5.97 Å². The molecule has 0 bridgehead atoms. The van der Waals surface area contributed by atoms with Gasteiger partial charge in [0, 0.05) is 28.2 Å². The van der Waals surface area contributed by atoms with Crippen molar-refractivity contribution in [3.8, 4) is 16.8 Å². The van der Waals surface area contributed by atoms with Gasteiger partial charge in [0.15, 0.2) is 0 Å². The van der Waals surface area contributed by atoms with Crippen LogP contribution < -0.4 is 0 Å². The summed E-state index contributed by atoms with van der Waals surface area (Å²) in [6.45, 7) is 3.84. The fourth-order valence-electron chi connectivity index (χ4n) is 2.70. The molecular formula is C19H16ClNO2. The average molecular weight is 326 g/mol. The van der Waals surface area contributed by atoms with Gasteiger partial charge in [-0.3, -0.25) is 0 Å². The molecule has 0 radical (unpaired) electrons. The Labute approximate surface area is 139 Å². The lowest BCUT2D eigenvalue weighted by Crippen LogP contribution is -2.02. The van der Waals surface area contributed by atoms with Crippen molar-refractivity contribution in [1.82, 2.24) is 4.57 Å². The highest BCUT2D eigenvalue weighted by molar-refractivity contribution is 6.30. The zero-order chi connectivity index (χ0) is 16.6. The summed E-state index contributed by atoms with van der Waals surface area (Å²) in [4.78, 5) is 11.7. The van der Waals surface area contributed by atoms with Gasteiger partial charge in [0.05, 0.1) is 5.56 Å². The lowest BCUT2D eigenvalue weighted by molar-refractivity contribution is 0.0697. The normalized spacial score (nSPS) is 10.7. The molecule has 0 atom stereocenters. The topological polar surface area (TPSA) is 42.2 Å². The Hall–Kier alpha value is -2.52. The second-order valence-electron chi connectivity index (χ2n) is 5.52. The van der Waals surface area contributed by atoms with Crippen molar-refractivity contribution in [1.29, 1.82) is 0 Å². The van der Waals surface area contributed by atoms with E-state index in [9.17, 15) is 9.90 Å². The van der Waals surface area contributed by atoms with Crippen LogP contribution in [0.1, 0.15) is 21.6 Å². The smallest absolute Gasteiger partial charge is 0.338 e. The molecule has 0 saturated carbocycles. The molecule has 4 heteroatoms.